The van der Waals surface area contributed by atoms with E-state index in [9.17, 15) is 4.79 Å². The molecule has 0 bridgehead atoms. The van der Waals surface area contributed by atoms with Gasteiger partial charge in [0, 0.05) is 49.9 Å². The number of aromatic nitrogens is 4. The number of nitrogens with zero attached hydrogens (tertiary/aromatic N) is 4. The van der Waals surface area contributed by atoms with E-state index in [2.05, 4.69) is 40.0 Å². The fraction of sp³-hybridized carbons (Fsp3) is 0.280. The third-order valence-corrected chi connectivity index (χ3v) is 7.38. The number of ether oxygens (including phenoxy) is 1. The highest BCUT2D eigenvalue weighted by atomic mass is 28.3. The van der Waals surface area contributed by atoms with Gasteiger partial charge >= 0.3 is 0 Å². The molecule has 0 aliphatic heterocycles. The summed E-state index contributed by atoms with van der Waals surface area (Å²) in [5.74, 6) is -0.295. The van der Waals surface area contributed by atoms with Gasteiger partial charge in [0.25, 0.3) is 5.91 Å². The average molecular weight is 475 g/mol. The summed E-state index contributed by atoms with van der Waals surface area (Å²) in [5, 5.41) is 8.27. The first-order valence-corrected chi connectivity index (χ1v) is 14.9. The van der Waals surface area contributed by atoms with Crippen LogP contribution >= 0.6 is 0 Å². The molecule has 4 rings (SSSR count). The standard InChI is InChI=1S/C25H30N6O2Si/c1-17-21(14-28-15-22(17)26)18-5-6-23-20(13-18)24(25(32)29-19-7-9-27-10-8-19)30-31(23)16-33-11-12-34(2,3)4/h5-10,13-15H,11-12,16,26H2,1-4H3,(H,27,29,32). The van der Waals surface area contributed by atoms with E-state index in [-0.39, 0.29) is 12.6 Å². The number of nitrogens with two attached hydrogens (primary N) is 1. The molecular formula is C25H30N6O2Si. The van der Waals surface area contributed by atoms with Crippen molar-refractivity contribution in [2.45, 2.75) is 39.3 Å². The molecule has 9 heteroatoms. The Bertz CT molecular complexity index is 1310. The van der Waals surface area contributed by atoms with Gasteiger partial charge in [0.15, 0.2) is 5.69 Å². The minimum absolute atomic E-state index is 0.279. The van der Waals surface area contributed by atoms with Gasteiger partial charge in [-0.1, -0.05) is 25.7 Å². The van der Waals surface area contributed by atoms with Gasteiger partial charge in [0.1, 0.15) is 6.73 Å². The average Bonchev–Trinajstić information content (AvgIpc) is 3.16. The number of fused-ring (bicyclic) bond motifs is 1. The molecule has 1 aromatic carbocycles. The predicted molar refractivity (Wildman–Crippen MR) is 138 cm³/mol. The van der Waals surface area contributed by atoms with Gasteiger partial charge in [-0.2, -0.15) is 5.10 Å². The predicted octanol–water partition coefficient (Wildman–Crippen LogP) is 4.95. The van der Waals surface area contributed by atoms with Crippen LogP contribution in [-0.4, -0.2) is 40.3 Å². The van der Waals surface area contributed by atoms with Crippen molar-refractivity contribution in [1.82, 2.24) is 19.7 Å². The molecule has 0 atom stereocenters. The molecular weight excluding hydrogens is 444 g/mol. The Kier molecular flexibility index (Phi) is 6.76. The number of hydrogen-bond donors (Lipinski definition) is 2. The molecule has 4 aromatic rings. The van der Waals surface area contributed by atoms with E-state index < -0.39 is 8.07 Å². The molecule has 34 heavy (non-hydrogen) atoms. The van der Waals surface area contributed by atoms with Crippen LogP contribution in [-0.2, 0) is 11.5 Å². The lowest BCUT2D eigenvalue weighted by Crippen LogP contribution is -2.22. The van der Waals surface area contributed by atoms with Crippen molar-refractivity contribution in [3.63, 3.8) is 0 Å². The lowest BCUT2D eigenvalue weighted by atomic mass is 10.00. The summed E-state index contributed by atoms with van der Waals surface area (Å²) in [6.45, 7) is 9.86. The maximum Gasteiger partial charge on any atom is 0.276 e. The summed E-state index contributed by atoms with van der Waals surface area (Å²) in [7, 11) is -1.20. The zero-order valence-corrected chi connectivity index (χ0v) is 21.0. The lowest BCUT2D eigenvalue weighted by Gasteiger charge is -2.15. The summed E-state index contributed by atoms with van der Waals surface area (Å²) in [5.41, 5.74) is 11.3. The summed E-state index contributed by atoms with van der Waals surface area (Å²) < 4.78 is 7.68. The number of hydrogen-bond acceptors (Lipinski definition) is 6. The number of benzene rings is 1. The van der Waals surface area contributed by atoms with Gasteiger partial charge in [0.05, 0.1) is 17.4 Å². The molecule has 3 heterocycles. The zero-order chi connectivity index (χ0) is 24.3. The van der Waals surface area contributed by atoms with Gasteiger partial charge in [-0.15, -0.1) is 0 Å². The minimum atomic E-state index is -1.20. The molecule has 0 saturated carbocycles. The molecule has 0 radical (unpaired) electrons. The summed E-state index contributed by atoms with van der Waals surface area (Å²) in [6, 6.07) is 10.5. The molecule has 8 nitrogen and oxygen atoms in total. The molecule has 0 fully saturated rings. The highest BCUT2D eigenvalue weighted by molar-refractivity contribution is 6.76. The number of carbonyl (C=O) groups is 1. The van der Waals surface area contributed by atoms with Crippen molar-refractivity contribution in [1.29, 1.82) is 0 Å². The Morgan fingerprint density at radius 2 is 1.88 bits per heavy atom. The molecule has 3 N–H and O–H groups in total. The first-order valence-electron chi connectivity index (χ1n) is 11.2. The highest BCUT2D eigenvalue weighted by Crippen LogP contribution is 2.30. The van der Waals surface area contributed by atoms with Crippen LogP contribution in [0.15, 0.2) is 55.1 Å². The molecule has 0 unspecified atom stereocenters. The van der Waals surface area contributed by atoms with Crippen LogP contribution in [0.5, 0.6) is 0 Å². The second kappa shape index (κ2) is 9.74. The molecule has 0 saturated heterocycles. The fourth-order valence-corrected chi connectivity index (χ4v) is 4.36. The second-order valence-corrected chi connectivity index (χ2v) is 15.1. The number of amides is 1. The van der Waals surface area contributed by atoms with Gasteiger partial charge in [0.2, 0.25) is 0 Å². The van der Waals surface area contributed by atoms with Crippen molar-refractivity contribution in [3.05, 3.63) is 66.4 Å². The van der Waals surface area contributed by atoms with Crippen LogP contribution in [0.1, 0.15) is 16.1 Å². The molecule has 176 valence electrons. The number of carbonyl (C=O) groups excluding carboxylic acids is 1. The Balaban J connectivity index is 1.71. The Morgan fingerprint density at radius 1 is 1.12 bits per heavy atom. The monoisotopic (exact) mass is 474 g/mol. The van der Waals surface area contributed by atoms with Crippen LogP contribution in [0, 0.1) is 6.92 Å². The van der Waals surface area contributed by atoms with Crippen LogP contribution in [0.3, 0.4) is 0 Å². The summed E-state index contributed by atoms with van der Waals surface area (Å²) >= 11 is 0. The van der Waals surface area contributed by atoms with Crippen LogP contribution in [0.25, 0.3) is 22.0 Å². The third kappa shape index (κ3) is 5.32. The van der Waals surface area contributed by atoms with Crippen LogP contribution < -0.4 is 11.1 Å². The topological polar surface area (TPSA) is 108 Å². The fourth-order valence-electron chi connectivity index (χ4n) is 3.60. The first kappa shape index (κ1) is 23.6. The van der Waals surface area contributed by atoms with E-state index in [1.54, 1.807) is 41.6 Å². The van der Waals surface area contributed by atoms with Crippen molar-refractivity contribution in [3.8, 4) is 11.1 Å². The smallest absolute Gasteiger partial charge is 0.276 e. The van der Waals surface area contributed by atoms with E-state index in [0.717, 1.165) is 33.6 Å². The lowest BCUT2D eigenvalue weighted by molar-refractivity contribution is 0.0809. The molecule has 0 spiro atoms. The number of nitrogens with one attached hydrogen (secondary N) is 1. The summed E-state index contributed by atoms with van der Waals surface area (Å²) in [6.07, 6.45) is 6.69. The van der Waals surface area contributed by atoms with Crippen LogP contribution in [0.2, 0.25) is 25.7 Å². The van der Waals surface area contributed by atoms with Crippen molar-refractivity contribution in [2.24, 2.45) is 0 Å². The van der Waals surface area contributed by atoms with E-state index >= 15 is 0 Å². The Hall–Kier alpha value is -3.56. The maximum atomic E-state index is 13.2. The zero-order valence-electron chi connectivity index (χ0n) is 20.0. The molecule has 0 aliphatic rings. The maximum absolute atomic E-state index is 13.2. The van der Waals surface area contributed by atoms with Gasteiger partial charge in [-0.3, -0.25) is 14.8 Å². The SMILES string of the molecule is Cc1c(N)cncc1-c1ccc2c(c1)c(C(=O)Nc1ccncc1)nn2COCC[Si](C)(C)C. The normalized spacial score (nSPS) is 11.6. The van der Waals surface area contributed by atoms with Gasteiger partial charge in [-0.05, 0) is 48.4 Å². The van der Waals surface area contributed by atoms with Gasteiger partial charge in [-0.25, -0.2) is 4.68 Å². The van der Waals surface area contributed by atoms with E-state index in [1.165, 1.54) is 0 Å². The highest BCUT2D eigenvalue weighted by Gasteiger charge is 2.20. The van der Waals surface area contributed by atoms with Crippen LogP contribution in [0.4, 0.5) is 11.4 Å². The minimum Gasteiger partial charge on any atom is -0.397 e. The van der Waals surface area contributed by atoms with Gasteiger partial charge < -0.3 is 15.8 Å². The van der Waals surface area contributed by atoms with E-state index in [1.807, 2.05) is 25.1 Å². The Labute approximate surface area is 200 Å². The number of rotatable bonds is 8. The quantitative estimate of drug-likeness (QED) is 0.276. The van der Waals surface area contributed by atoms with Crippen molar-refractivity contribution in [2.75, 3.05) is 17.7 Å². The first-order chi connectivity index (χ1) is 16.2. The second-order valence-electron chi connectivity index (χ2n) is 9.52. The largest absolute Gasteiger partial charge is 0.397 e. The number of anilines is 2. The number of pyridine rings is 2. The Morgan fingerprint density at radius 3 is 2.62 bits per heavy atom. The molecule has 0 aliphatic carbocycles. The number of nitrogen functional groups attached to an aromatic ring is 1. The van der Waals surface area contributed by atoms with E-state index in [4.69, 9.17) is 10.5 Å². The van der Waals surface area contributed by atoms with Crippen molar-refractivity contribution < 1.29 is 9.53 Å². The molecule has 3 aromatic heterocycles. The van der Waals surface area contributed by atoms with E-state index in [0.29, 0.717) is 23.7 Å². The molecule has 1 amide bonds. The third-order valence-electron chi connectivity index (χ3n) is 5.68. The summed E-state index contributed by atoms with van der Waals surface area (Å²) in [4.78, 5) is 21.4. The van der Waals surface area contributed by atoms with Crippen molar-refractivity contribution >= 4 is 36.3 Å².